The molecule has 3 heterocycles. The summed E-state index contributed by atoms with van der Waals surface area (Å²) in [6, 6.07) is 1.90. The van der Waals surface area contributed by atoms with Crippen molar-refractivity contribution in [2.45, 2.75) is 19.3 Å². The van der Waals surface area contributed by atoms with Gasteiger partial charge in [0.1, 0.15) is 15.7 Å². The largest absolute Gasteiger partial charge is 0.275 e. The Kier molecular flexibility index (Phi) is 2.40. The summed E-state index contributed by atoms with van der Waals surface area (Å²) >= 11 is 8.11. The van der Waals surface area contributed by atoms with E-state index in [2.05, 4.69) is 15.1 Å². The predicted octanol–water partition coefficient (Wildman–Crippen LogP) is 3.23. The molecule has 0 saturated heterocycles. The maximum Gasteiger partial charge on any atom is 0.182 e. The Hall–Kier alpha value is -1.46. The smallest absolute Gasteiger partial charge is 0.182 e. The molecular formula is C13H11ClN4S. The van der Waals surface area contributed by atoms with Gasteiger partial charge in [-0.15, -0.1) is 11.3 Å². The number of hydrogen-bond donors (Lipinski definition) is 0. The predicted molar refractivity (Wildman–Crippen MR) is 76.7 cm³/mol. The molecule has 4 rings (SSSR count). The second kappa shape index (κ2) is 4.02. The number of fused-ring (bicyclic) bond motifs is 3. The Balaban J connectivity index is 1.96. The number of aromatic nitrogens is 4. The van der Waals surface area contributed by atoms with Crippen molar-refractivity contribution in [2.75, 3.05) is 0 Å². The van der Waals surface area contributed by atoms with Gasteiger partial charge in [-0.2, -0.15) is 5.10 Å². The van der Waals surface area contributed by atoms with E-state index < -0.39 is 0 Å². The molecule has 0 saturated carbocycles. The van der Waals surface area contributed by atoms with Gasteiger partial charge in [0.05, 0.1) is 5.39 Å². The average molecular weight is 291 g/mol. The van der Waals surface area contributed by atoms with Gasteiger partial charge in [0.25, 0.3) is 0 Å². The minimum atomic E-state index is 0.560. The minimum absolute atomic E-state index is 0.560. The number of halogens is 1. The van der Waals surface area contributed by atoms with Crippen LogP contribution in [0.2, 0.25) is 5.15 Å². The molecule has 0 N–H and O–H groups in total. The second-order valence-corrected chi connectivity index (χ2v) is 6.19. The molecule has 3 aromatic rings. The van der Waals surface area contributed by atoms with E-state index in [1.54, 1.807) is 16.0 Å². The topological polar surface area (TPSA) is 43.6 Å². The minimum Gasteiger partial charge on any atom is -0.275 e. The molecule has 0 fully saturated rings. The Morgan fingerprint density at radius 2 is 2.21 bits per heavy atom. The highest BCUT2D eigenvalue weighted by molar-refractivity contribution is 7.19. The highest BCUT2D eigenvalue weighted by Gasteiger charge is 2.22. The van der Waals surface area contributed by atoms with E-state index in [4.69, 9.17) is 11.6 Å². The van der Waals surface area contributed by atoms with Crippen LogP contribution in [0, 0.1) is 0 Å². The summed E-state index contributed by atoms with van der Waals surface area (Å²) in [5, 5.41) is 5.94. The zero-order valence-electron chi connectivity index (χ0n) is 10.4. The zero-order valence-corrected chi connectivity index (χ0v) is 11.9. The summed E-state index contributed by atoms with van der Waals surface area (Å²) in [6.07, 6.45) is 5.34. The van der Waals surface area contributed by atoms with E-state index in [-0.39, 0.29) is 0 Å². The lowest BCUT2D eigenvalue weighted by atomic mass is 10.2. The molecule has 0 amide bonds. The summed E-state index contributed by atoms with van der Waals surface area (Å²) in [5.74, 6) is 0.609. The van der Waals surface area contributed by atoms with Crippen molar-refractivity contribution in [1.82, 2.24) is 19.7 Å². The normalized spacial score (nSPS) is 14.2. The van der Waals surface area contributed by atoms with Crippen LogP contribution in [0.4, 0.5) is 0 Å². The van der Waals surface area contributed by atoms with Crippen molar-refractivity contribution in [3.05, 3.63) is 27.9 Å². The van der Waals surface area contributed by atoms with Crippen LogP contribution in [0.1, 0.15) is 16.9 Å². The van der Waals surface area contributed by atoms with E-state index in [9.17, 15) is 0 Å². The summed E-state index contributed by atoms with van der Waals surface area (Å²) in [7, 11) is 1.88. The van der Waals surface area contributed by atoms with Gasteiger partial charge >= 0.3 is 0 Å². The quantitative estimate of drug-likeness (QED) is 0.646. The first-order valence-electron chi connectivity index (χ1n) is 6.20. The average Bonchev–Trinajstić information content (AvgIpc) is 3.02. The number of thiophene rings is 1. The van der Waals surface area contributed by atoms with Gasteiger partial charge in [0.2, 0.25) is 0 Å². The van der Waals surface area contributed by atoms with E-state index in [1.165, 1.54) is 16.9 Å². The van der Waals surface area contributed by atoms with Crippen LogP contribution in [0.3, 0.4) is 0 Å². The van der Waals surface area contributed by atoms with Crippen molar-refractivity contribution in [3.63, 3.8) is 0 Å². The third kappa shape index (κ3) is 1.69. The molecule has 0 aliphatic heterocycles. The first-order valence-corrected chi connectivity index (χ1v) is 7.39. The molecule has 1 aliphatic rings. The van der Waals surface area contributed by atoms with Gasteiger partial charge in [0.15, 0.2) is 5.82 Å². The van der Waals surface area contributed by atoms with Crippen LogP contribution in [0.15, 0.2) is 12.3 Å². The number of aryl methyl sites for hydroxylation is 3. The lowest BCUT2D eigenvalue weighted by molar-refractivity contribution is 0.769. The van der Waals surface area contributed by atoms with Crippen LogP contribution >= 0.6 is 22.9 Å². The molecule has 6 heteroatoms. The summed E-state index contributed by atoms with van der Waals surface area (Å²) in [4.78, 5) is 11.5. The van der Waals surface area contributed by atoms with Crippen LogP contribution in [-0.2, 0) is 19.9 Å². The molecule has 0 radical (unpaired) electrons. The zero-order chi connectivity index (χ0) is 13.0. The summed E-state index contributed by atoms with van der Waals surface area (Å²) < 4.78 is 1.74. The Labute approximate surface area is 119 Å². The first kappa shape index (κ1) is 11.4. The summed E-state index contributed by atoms with van der Waals surface area (Å²) in [6.45, 7) is 0. The standard InChI is InChI=1S/C13H11ClN4S/c1-18-6-5-8(17-18)12-15-11(14)10-7-3-2-4-9(7)19-13(10)16-12/h5-6H,2-4H2,1H3. The molecule has 1 aliphatic carbocycles. The van der Waals surface area contributed by atoms with Crippen molar-refractivity contribution >= 4 is 33.2 Å². The third-order valence-corrected chi connectivity index (χ3v) is 4.92. The highest BCUT2D eigenvalue weighted by Crippen LogP contribution is 2.39. The van der Waals surface area contributed by atoms with Gasteiger partial charge in [-0.3, -0.25) is 4.68 Å². The highest BCUT2D eigenvalue weighted by atomic mass is 35.5. The fraction of sp³-hybridized carbons (Fsp3) is 0.308. The Morgan fingerprint density at radius 3 is 3.00 bits per heavy atom. The molecule has 0 unspecified atom stereocenters. The third-order valence-electron chi connectivity index (χ3n) is 3.46. The molecule has 0 atom stereocenters. The van der Waals surface area contributed by atoms with Crippen LogP contribution in [0.25, 0.3) is 21.7 Å². The van der Waals surface area contributed by atoms with E-state index in [1.807, 2.05) is 19.3 Å². The van der Waals surface area contributed by atoms with Crippen molar-refractivity contribution in [2.24, 2.45) is 7.05 Å². The fourth-order valence-electron chi connectivity index (χ4n) is 2.60. The Bertz CT molecular complexity index is 789. The SMILES string of the molecule is Cn1ccc(-c2nc(Cl)c3c4c(sc3n2)CCC4)n1. The van der Waals surface area contributed by atoms with Crippen molar-refractivity contribution in [1.29, 1.82) is 0 Å². The molecule has 19 heavy (non-hydrogen) atoms. The van der Waals surface area contributed by atoms with Crippen LogP contribution in [-0.4, -0.2) is 19.7 Å². The van der Waals surface area contributed by atoms with Gasteiger partial charge < -0.3 is 0 Å². The molecule has 0 spiro atoms. The van der Waals surface area contributed by atoms with E-state index in [0.29, 0.717) is 11.0 Å². The lowest BCUT2D eigenvalue weighted by Gasteiger charge is -2.00. The van der Waals surface area contributed by atoms with Crippen LogP contribution < -0.4 is 0 Å². The molecule has 4 nitrogen and oxygen atoms in total. The van der Waals surface area contributed by atoms with Crippen LogP contribution in [0.5, 0.6) is 0 Å². The molecule has 0 aromatic carbocycles. The fourth-order valence-corrected chi connectivity index (χ4v) is 4.20. The number of hydrogen-bond acceptors (Lipinski definition) is 4. The lowest BCUT2D eigenvalue weighted by Crippen LogP contribution is -1.93. The number of rotatable bonds is 1. The first-order chi connectivity index (χ1) is 9.22. The van der Waals surface area contributed by atoms with Gasteiger partial charge in [-0.25, -0.2) is 9.97 Å². The van der Waals surface area contributed by atoms with Crippen molar-refractivity contribution in [3.8, 4) is 11.5 Å². The van der Waals surface area contributed by atoms with E-state index >= 15 is 0 Å². The van der Waals surface area contributed by atoms with Gasteiger partial charge in [-0.05, 0) is 30.9 Å². The molecule has 3 aromatic heterocycles. The molecule has 96 valence electrons. The molecule has 0 bridgehead atoms. The maximum absolute atomic E-state index is 6.36. The molecular weight excluding hydrogens is 280 g/mol. The summed E-state index contributed by atoms with van der Waals surface area (Å²) in [5.41, 5.74) is 2.12. The van der Waals surface area contributed by atoms with Gasteiger partial charge in [0, 0.05) is 18.1 Å². The van der Waals surface area contributed by atoms with E-state index in [0.717, 1.165) is 28.8 Å². The maximum atomic E-state index is 6.36. The monoisotopic (exact) mass is 290 g/mol. The second-order valence-electron chi connectivity index (χ2n) is 4.75. The van der Waals surface area contributed by atoms with Gasteiger partial charge in [-0.1, -0.05) is 11.6 Å². The van der Waals surface area contributed by atoms with Crippen molar-refractivity contribution < 1.29 is 0 Å². The Morgan fingerprint density at radius 1 is 1.32 bits per heavy atom. The number of nitrogens with zero attached hydrogens (tertiary/aromatic N) is 4.